The molecule has 0 amide bonds. The minimum absolute atomic E-state index is 0.286. The standard InChI is InChI=1S/C20H28N4O3/c1-4-27-18-12-15(7-8-17(18)26-3)13-23(2)20-21-10-9-19(22-20)24-11-5-6-16(25)14-24/h7-10,12,16,25H,4-6,11,13-14H2,1-3H3. The van der Waals surface area contributed by atoms with Gasteiger partial charge in [0.1, 0.15) is 5.82 Å². The van der Waals surface area contributed by atoms with Crippen molar-refractivity contribution in [2.75, 3.05) is 43.7 Å². The van der Waals surface area contributed by atoms with Gasteiger partial charge in [0.15, 0.2) is 11.5 Å². The van der Waals surface area contributed by atoms with Gasteiger partial charge in [-0.05, 0) is 43.5 Å². The number of ether oxygens (including phenoxy) is 2. The number of piperidine rings is 1. The van der Waals surface area contributed by atoms with Crippen LogP contribution in [0.1, 0.15) is 25.3 Å². The van der Waals surface area contributed by atoms with Gasteiger partial charge in [0, 0.05) is 32.9 Å². The van der Waals surface area contributed by atoms with Crippen molar-refractivity contribution >= 4 is 11.8 Å². The van der Waals surface area contributed by atoms with E-state index >= 15 is 0 Å². The Hall–Kier alpha value is -2.54. The van der Waals surface area contributed by atoms with Gasteiger partial charge in [-0.3, -0.25) is 0 Å². The van der Waals surface area contributed by atoms with Crippen LogP contribution in [0.4, 0.5) is 11.8 Å². The topological polar surface area (TPSA) is 71.0 Å². The van der Waals surface area contributed by atoms with Gasteiger partial charge in [0.2, 0.25) is 5.95 Å². The Balaban J connectivity index is 1.73. The number of aromatic nitrogens is 2. The molecule has 0 radical (unpaired) electrons. The summed E-state index contributed by atoms with van der Waals surface area (Å²) in [6.07, 6.45) is 3.32. The molecule has 1 unspecified atom stereocenters. The van der Waals surface area contributed by atoms with E-state index in [2.05, 4.69) is 9.88 Å². The Morgan fingerprint density at radius 3 is 2.89 bits per heavy atom. The Labute approximate surface area is 160 Å². The van der Waals surface area contributed by atoms with Crippen molar-refractivity contribution < 1.29 is 14.6 Å². The molecule has 1 atom stereocenters. The molecule has 1 fully saturated rings. The first-order valence-corrected chi connectivity index (χ1v) is 9.37. The molecule has 3 rings (SSSR count). The first kappa shape index (κ1) is 19.2. The van der Waals surface area contributed by atoms with Crippen molar-refractivity contribution in [3.8, 4) is 11.5 Å². The summed E-state index contributed by atoms with van der Waals surface area (Å²) in [6, 6.07) is 7.82. The molecule has 1 aromatic carbocycles. The van der Waals surface area contributed by atoms with Crippen molar-refractivity contribution in [1.82, 2.24) is 9.97 Å². The Morgan fingerprint density at radius 2 is 2.15 bits per heavy atom. The number of hydrogen-bond donors (Lipinski definition) is 1. The quantitative estimate of drug-likeness (QED) is 0.800. The predicted molar refractivity (Wildman–Crippen MR) is 106 cm³/mol. The SMILES string of the molecule is CCOc1cc(CN(C)c2nccc(N3CCCC(O)C3)n2)ccc1OC. The molecule has 0 bridgehead atoms. The number of β-amino-alcohol motifs (C(OH)–C–C–N with tert-alkyl or cyclic N) is 1. The average Bonchev–Trinajstić information content (AvgIpc) is 2.68. The van der Waals surface area contributed by atoms with Gasteiger partial charge in [0.05, 0.1) is 19.8 Å². The summed E-state index contributed by atoms with van der Waals surface area (Å²) < 4.78 is 11.0. The summed E-state index contributed by atoms with van der Waals surface area (Å²) in [6.45, 7) is 4.72. The Bertz CT molecular complexity index is 756. The molecule has 1 saturated heterocycles. The molecule has 2 heterocycles. The first-order valence-electron chi connectivity index (χ1n) is 9.37. The van der Waals surface area contributed by atoms with E-state index in [1.165, 1.54) is 0 Å². The van der Waals surface area contributed by atoms with Crippen LogP contribution in [0, 0.1) is 0 Å². The molecule has 2 aromatic rings. The van der Waals surface area contributed by atoms with Crippen molar-refractivity contribution in [3.05, 3.63) is 36.0 Å². The number of hydrogen-bond acceptors (Lipinski definition) is 7. The summed E-state index contributed by atoms with van der Waals surface area (Å²) in [5.41, 5.74) is 1.09. The monoisotopic (exact) mass is 372 g/mol. The molecular formula is C20H28N4O3. The van der Waals surface area contributed by atoms with Crippen LogP contribution in [0.3, 0.4) is 0 Å². The van der Waals surface area contributed by atoms with Gasteiger partial charge in [0.25, 0.3) is 0 Å². The highest BCUT2D eigenvalue weighted by molar-refractivity contribution is 5.46. The third-order valence-electron chi connectivity index (χ3n) is 4.64. The largest absolute Gasteiger partial charge is 0.493 e. The van der Waals surface area contributed by atoms with Crippen LogP contribution in [-0.2, 0) is 6.54 Å². The molecule has 27 heavy (non-hydrogen) atoms. The maximum atomic E-state index is 9.91. The lowest BCUT2D eigenvalue weighted by Crippen LogP contribution is -2.38. The molecule has 0 aliphatic carbocycles. The maximum absolute atomic E-state index is 9.91. The van der Waals surface area contributed by atoms with Gasteiger partial charge in [-0.2, -0.15) is 4.98 Å². The van der Waals surface area contributed by atoms with E-state index < -0.39 is 0 Å². The van der Waals surface area contributed by atoms with Gasteiger partial charge in [-0.15, -0.1) is 0 Å². The number of aliphatic hydroxyl groups excluding tert-OH is 1. The van der Waals surface area contributed by atoms with Crippen molar-refractivity contribution in [2.45, 2.75) is 32.4 Å². The van der Waals surface area contributed by atoms with Crippen molar-refractivity contribution in [2.24, 2.45) is 0 Å². The molecule has 7 nitrogen and oxygen atoms in total. The zero-order valence-corrected chi connectivity index (χ0v) is 16.3. The molecule has 1 aliphatic heterocycles. The molecular weight excluding hydrogens is 344 g/mol. The number of benzene rings is 1. The van der Waals surface area contributed by atoms with Gasteiger partial charge >= 0.3 is 0 Å². The molecule has 0 spiro atoms. The van der Waals surface area contributed by atoms with E-state index in [9.17, 15) is 5.11 Å². The summed E-state index contributed by atoms with van der Waals surface area (Å²) >= 11 is 0. The molecule has 146 valence electrons. The minimum atomic E-state index is -0.286. The smallest absolute Gasteiger partial charge is 0.227 e. The minimum Gasteiger partial charge on any atom is -0.493 e. The molecule has 1 aromatic heterocycles. The highest BCUT2D eigenvalue weighted by Gasteiger charge is 2.19. The number of methoxy groups -OCH3 is 1. The van der Waals surface area contributed by atoms with Crippen LogP contribution in [0.15, 0.2) is 30.5 Å². The third kappa shape index (κ3) is 4.80. The highest BCUT2D eigenvalue weighted by atomic mass is 16.5. The molecule has 0 saturated carbocycles. The van der Waals surface area contributed by atoms with Crippen molar-refractivity contribution in [1.29, 1.82) is 0 Å². The zero-order valence-electron chi connectivity index (χ0n) is 16.3. The third-order valence-corrected chi connectivity index (χ3v) is 4.64. The second kappa shape index (κ2) is 8.90. The van der Waals surface area contributed by atoms with Crippen LogP contribution < -0.4 is 19.3 Å². The maximum Gasteiger partial charge on any atom is 0.227 e. The van der Waals surface area contributed by atoms with E-state index in [0.29, 0.717) is 25.6 Å². The Morgan fingerprint density at radius 1 is 1.30 bits per heavy atom. The summed E-state index contributed by atoms with van der Waals surface area (Å²) in [5.74, 6) is 2.98. The van der Waals surface area contributed by atoms with Gasteiger partial charge in [-0.1, -0.05) is 6.07 Å². The van der Waals surface area contributed by atoms with E-state index in [0.717, 1.165) is 42.3 Å². The fraction of sp³-hybridized carbons (Fsp3) is 0.500. The van der Waals surface area contributed by atoms with E-state index in [-0.39, 0.29) is 6.10 Å². The number of aliphatic hydroxyl groups is 1. The van der Waals surface area contributed by atoms with Crippen LogP contribution >= 0.6 is 0 Å². The van der Waals surface area contributed by atoms with E-state index in [1.807, 2.05) is 43.1 Å². The van der Waals surface area contributed by atoms with Crippen molar-refractivity contribution in [3.63, 3.8) is 0 Å². The van der Waals surface area contributed by atoms with Crippen LogP contribution in [0.25, 0.3) is 0 Å². The molecule has 1 N–H and O–H groups in total. The van der Waals surface area contributed by atoms with Crippen LogP contribution in [0.2, 0.25) is 0 Å². The lowest BCUT2D eigenvalue weighted by atomic mass is 10.1. The second-order valence-corrected chi connectivity index (χ2v) is 6.73. The van der Waals surface area contributed by atoms with Gasteiger partial charge < -0.3 is 24.4 Å². The fourth-order valence-corrected chi connectivity index (χ4v) is 3.29. The highest BCUT2D eigenvalue weighted by Crippen LogP contribution is 2.29. The van der Waals surface area contributed by atoms with E-state index in [1.54, 1.807) is 13.3 Å². The number of anilines is 2. The first-order chi connectivity index (χ1) is 13.1. The average molecular weight is 372 g/mol. The molecule has 7 heteroatoms. The predicted octanol–water partition coefficient (Wildman–Crippen LogP) is 2.48. The van der Waals surface area contributed by atoms with Crippen LogP contribution in [0.5, 0.6) is 11.5 Å². The summed E-state index contributed by atoms with van der Waals surface area (Å²) in [4.78, 5) is 13.2. The molecule has 1 aliphatic rings. The fourth-order valence-electron chi connectivity index (χ4n) is 3.29. The van der Waals surface area contributed by atoms with Crippen LogP contribution in [-0.4, -0.2) is 55.0 Å². The lowest BCUT2D eigenvalue weighted by molar-refractivity contribution is 0.154. The zero-order chi connectivity index (χ0) is 19.2. The normalized spacial score (nSPS) is 16.9. The number of rotatable bonds is 7. The lowest BCUT2D eigenvalue weighted by Gasteiger charge is -2.31. The second-order valence-electron chi connectivity index (χ2n) is 6.73. The van der Waals surface area contributed by atoms with Gasteiger partial charge in [-0.25, -0.2) is 4.98 Å². The van der Waals surface area contributed by atoms with E-state index in [4.69, 9.17) is 14.5 Å². The summed E-state index contributed by atoms with van der Waals surface area (Å²) in [5, 5.41) is 9.91. The number of nitrogens with zero attached hydrogens (tertiary/aromatic N) is 4. The Kier molecular flexibility index (Phi) is 6.34. The summed E-state index contributed by atoms with van der Waals surface area (Å²) in [7, 11) is 3.61.